The normalized spacial score (nSPS) is 11.2. The van der Waals surface area contributed by atoms with Crippen molar-refractivity contribution in [1.29, 1.82) is 0 Å². The molecule has 1 heteroatoms. The van der Waals surface area contributed by atoms with Gasteiger partial charge in [0.05, 0.1) is 0 Å². The summed E-state index contributed by atoms with van der Waals surface area (Å²) < 4.78 is 6.05. The molecule has 0 aliphatic carbocycles. The molecule has 3 rings (SSSR count). The molecular formula is C18H18O. The summed E-state index contributed by atoms with van der Waals surface area (Å²) >= 11 is 0. The minimum Gasteiger partial charge on any atom is -0.460 e. The minimum absolute atomic E-state index is 0.998. The van der Waals surface area contributed by atoms with Crippen molar-refractivity contribution >= 4 is 11.0 Å². The third-order valence-corrected chi connectivity index (χ3v) is 3.91. The van der Waals surface area contributed by atoms with Gasteiger partial charge in [0, 0.05) is 10.9 Å². The quantitative estimate of drug-likeness (QED) is 0.568. The summed E-state index contributed by atoms with van der Waals surface area (Å²) in [5.41, 5.74) is 7.31. The summed E-state index contributed by atoms with van der Waals surface area (Å²) in [4.78, 5) is 0. The number of furan rings is 1. The second-order valence-electron chi connectivity index (χ2n) is 5.24. The van der Waals surface area contributed by atoms with Gasteiger partial charge < -0.3 is 4.42 Å². The largest absolute Gasteiger partial charge is 0.460 e. The van der Waals surface area contributed by atoms with Crippen LogP contribution in [0.4, 0.5) is 0 Å². The van der Waals surface area contributed by atoms with Gasteiger partial charge in [0.2, 0.25) is 0 Å². The van der Waals surface area contributed by atoms with Crippen LogP contribution in [0.15, 0.2) is 40.8 Å². The Hall–Kier alpha value is -2.02. The lowest BCUT2D eigenvalue weighted by atomic mass is 9.96. The Morgan fingerprint density at radius 1 is 0.842 bits per heavy atom. The molecule has 0 saturated heterocycles. The third-order valence-electron chi connectivity index (χ3n) is 3.91. The molecule has 1 heterocycles. The van der Waals surface area contributed by atoms with E-state index in [1.54, 1.807) is 0 Å². The second kappa shape index (κ2) is 4.27. The van der Waals surface area contributed by atoms with Crippen LogP contribution in [0.1, 0.15) is 22.5 Å². The molecule has 19 heavy (non-hydrogen) atoms. The fourth-order valence-corrected chi connectivity index (χ4v) is 2.82. The Balaban J connectivity index is 2.44. The first-order chi connectivity index (χ1) is 9.09. The molecule has 0 fully saturated rings. The fourth-order valence-electron chi connectivity index (χ4n) is 2.82. The van der Waals surface area contributed by atoms with Crippen molar-refractivity contribution in [1.82, 2.24) is 0 Å². The standard InChI is InChI=1S/C18H18O/c1-11-10-12(2)16-17(15-8-6-5-7-9-15)14(4)19-18(16)13(11)3/h5-10H,1-4H3. The van der Waals surface area contributed by atoms with Gasteiger partial charge in [-0.1, -0.05) is 36.4 Å². The van der Waals surface area contributed by atoms with Gasteiger partial charge in [-0.15, -0.1) is 0 Å². The second-order valence-corrected chi connectivity index (χ2v) is 5.24. The van der Waals surface area contributed by atoms with E-state index in [0.29, 0.717) is 0 Å². The maximum absolute atomic E-state index is 6.05. The molecule has 0 saturated carbocycles. The average molecular weight is 250 g/mol. The molecule has 0 aliphatic rings. The first kappa shape index (κ1) is 12.0. The summed E-state index contributed by atoms with van der Waals surface area (Å²) in [6.07, 6.45) is 0. The molecule has 0 bridgehead atoms. The van der Waals surface area contributed by atoms with Crippen molar-refractivity contribution in [2.75, 3.05) is 0 Å². The molecule has 0 spiro atoms. The maximum atomic E-state index is 6.05. The van der Waals surface area contributed by atoms with Crippen molar-refractivity contribution in [3.63, 3.8) is 0 Å². The lowest BCUT2D eigenvalue weighted by Gasteiger charge is -2.06. The van der Waals surface area contributed by atoms with Gasteiger partial charge in [0.1, 0.15) is 11.3 Å². The predicted octanol–water partition coefficient (Wildman–Crippen LogP) is 5.33. The van der Waals surface area contributed by atoms with Crippen molar-refractivity contribution in [3.8, 4) is 11.1 Å². The van der Waals surface area contributed by atoms with Gasteiger partial charge >= 0.3 is 0 Å². The van der Waals surface area contributed by atoms with Gasteiger partial charge in [-0.2, -0.15) is 0 Å². The van der Waals surface area contributed by atoms with Gasteiger partial charge in [-0.3, -0.25) is 0 Å². The number of benzene rings is 2. The molecule has 0 amide bonds. The van der Waals surface area contributed by atoms with Crippen molar-refractivity contribution in [3.05, 3.63) is 58.8 Å². The molecule has 0 aliphatic heterocycles. The molecule has 0 unspecified atom stereocenters. The monoisotopic (exact) mass is 250 g/mol. The van der Waals surface area contributed by atoms with E-state index in [1.165, 1.54) is 33.2 Å². The Morgan fingerprint density at radius 3 is 2.21 bits per heavy atom. The zero-order chi connectivity index (χ0) is 13.6. The molecule has 1 nitrogen and oxygen atoms in total. The smallest absolute Gasteiger partial charge is 0.138 e. The molecule has 0 N–H and O–H groups in total. The van der Waals surface area contributed by atoms with E-state index >= 15 is 0 Å². The van der Waals surface area contributed by atoms with E-state index in [2.05, 4.69) is 58.0 Å². The van der Waals surface area contributed by atoms with E-state index in [-0.39, 0.29) is 0 Å². The zero-order valence-corrected chi connectivity index (χ0v) is 11.9. The van der Waals surface area contributed by atoms with E-state index in [4.69, 9.17) is 4.42 Å². The summed E-state index contributed by atoms with van der Waals surface area (Å²) in [6.45, 7) is 8.49. The number of hydrogen-bond donors (Lipinski definition) is 0. The number of aryl methyl sites for hydroxylation is 4. The SMILES string of the molecule is Cc1cc(C)c2c(-c3ccccc3)c(C)oc2c1C. The lowest BCUT2D eigenvalue weighted by molar-refractivity contribution is 0.577. The summed E-state index contributed by atoms with van der Waals surface area (Å²) in [5, 5.41) is 1.26. The van der Waals surface area contributed by atoms with Crippen molar-refractivity contribution in [2.45, 2.75) is 27.7 Å². The van der Waals surface area contributed by atoms with E-state index in [9.17, 15) is 0 Å². The number of rotatable bonds is 1. The maximum Gasteiger partial charge on any atom is 0.138 e. The van der Waals surface area contributed by atoms with Crippen LogP contribution in [0.2, 0.25) is 0 Å². The highest BCUT2D eigenvalue weighted by molar-refractivity contribution is 5.99. The summed E-state index contributed by atoms with van der Waals surface area (Å²) in [5.74, 6) is 0.998. The molecule has 0 atom stereocenters. The highest BCUT2D eigenvalue weighted by Gasteiger charge is 2.17. The van der Waals surface area contributed by atoms with Gasteiger partial charge in [0.15, 0.2) is 0 Å². The van der Waals surface area contributed by atoms with E-state index < -0.39 is 0 Å². The first-order valence-corrected chi connectivity index (χ1v) is 6.65. The van der Waals surface area contributed by atoms with Crippen LogP contribution < -0.4 is 0 Å². The summed E-state index contributed by atoms with van der Waals surface area (Å²) in [6, 6.07) is 12.7. The highest BCUT2D eigenvalue weighted by atomic mass is 16.3. The Morgan fingerprint density at radius 2 is 1.53 bits per heavy atom. The zero-order valence-electron chi connectivity index (χ0n) is 11.9. The minimum atomic E-state index is 0.998. The molecule has 3 aromatic rings. The Labute approximate surface area is 113 Å². The van der Waals surface area contributed by atoms with Crippen molar-refractivity contribution < 1.29 is 4.42 Å². The topological polar surface area (TPSA) is 13.1 Å². The van der Waals surface area contributed by atoms with E-state index in [0.717, 1.165) is 11.3 Å². The van der Waals surface area contributed by atoms with Crippen LogP contribution in [-0.4, -0.2) is 0 Å². The van der Waals surface area contributed by atoms with Gasteiger partial charge in [-0.05, 0) is 49.9 Å². The van der Waals surface area contributed by atoms with Crippen LogP contribution in [0.3, 0.4) is 0 Å². The first-order valence-electron chi connectivity index (χ1n) is 6.65. The van der Waals surface area contributed by atoms with Crippen LogP contribution in [0, 0.1) is 27.7 Å². The average Bonchev–Trinajstić information content (AvgIpc) is 2.75. The Bertz CT molecular complexity index is 748. The molecular weight excluding hydrogens is 232 g/mol. The third kappa shape index (κ3) is 1.77. The van der Waals surface area contributed by atoms with Crippen LogP contribution in [-0.2, 0) is 0 Å². The van der Waals surface area contributed by atoms with E-state index in [1.807, 2.05) is 6.07 Å². The summed E-state index contributed by atoms with van der Waals surface area (Å²) in [7, 11) is 0. The van der Waals surface area contributed by atoms with Crippen molar-refractivity contribution in [2.24, 2.45) is 0 Å². The molecule has 0 radical (unpaired) electrons. The fraction of sp³-hybridized carbons (Fsp3) is 0.222. The van der Waals surface area contributed by atoms with Crippen LogP contribution >= 0.6 is 0 Å². The molecule has 2 aromatic carbocycles. The predicted molar refractivity (Wildman–Crippen MR) is 80.6 cm³/mol. The molecule has 96 valence electrons. The number of hydrogen-bond acceptors (Lipinski definition) is 1. The van der Waals surface area contributed by atoms with Gasteiger partial charge in [0.25, 0.3) is 0 Å². The lowest BCUT2D eigenvalue weighted by Crippen LogP contribution is -1.86. The van der Waals surface area contributed by atoms with Crippen LogP contribution in [0.5, 0.6) is 0 Å². The van der Waals surface area contributed by atoms with Gasteiger partial charge in [-0.25, -0.2) is 0 Å². The van der Waals surface area contributed by atoms with Crippen LogP contribution in [0.25, 0.3) is 22.1 Å². The number of fused-ring (bicyclic) bond motifs is 1. The highest BCUT2D eigenvalue weighted by Crippen LogP contribution is 2.38. The Kier molecular flexibility index (Phi) is 2.70. The molecule has 1 aromatic heterocycles.